The standard InChI is InChI=1S/C19H37FO/c1-4-5-6-7-8-9-10-11-14-17-21-19(20)16-13-12-15-18(2)3/h14,17-19H,4-13,15-16H2,1-3H3/b17-14+/t19-/m1/s1. The Hall–Kier alpha value is -0.530. The van der Waals surface area contributed by atoms with Crippen LogP contribution >= 0.6 is 0 Å². The molecule has 0 aromatic carbocycles. The van der Waals surface area contributed by atoms with Gasteiger partial charge in [-0.3, -0.25) is 0 Å². The predicted molar refractivity (Wildman–Crippen MR) is 91.0 cm³/mol. The first-order chi connectivity index (χ1) is 10.2. The SMILES string of the molecule is CCCCCCCCC/C=C/O[C@@H](F)CCCCC(C)C. The Morgan fingerprint density at radius 3 is 2.14 bits per heavy atom. The molecule has 0 spiro atoms. The molecule has 0 fully saturated rings. The van der Waals surface area contributed by atoms with Crippen molar-refractivity contribution in [3.63, 3.8) is 0 Å². The fourth-order valence-electron chi connectivity index (χ4n) is 2.35. The molecule has 0 aliphatic carbocycles. The minimum atomic E-state index is -1.12. The second-order valence-corrected chi connectivity index (χ2v) is 6.51. The summed E-state index contributed by atoms with van der Waals surface area (Å²) in [5.41, 5.74) is 0. The smallest absolute Gasteiger partial charge is 0.237 e. The number of rotatable bonds is 15. The van der Waals surface area contributed by atoms with Gasteiger partial charge < -0.3 is 4.74 Å². The molecule has 0 amide bonds. The molecule has 0 saturated heterocycles. The monoisotopic (exact) mass is 300 g/mol. The molecular formula is C19H37FO. The van der Waals surface area contributed by atoms with Crippen LogP contribution in [0.2, 0.25) is 0 Å². The molecule has 0 aromatic rings. The molecular weight excluding hydrogens is 263 g/mol. The molecule has 21 heavy (non-hydrogen) atoms. The first-order valence-electron chi connectivity index (χ1n) is 9.11. The van der Waals surface area contributed by atoms with Crippen LogP contribution in [-0.2, 0) is 4.74 Å². The minimum Gasteiger partial charge on any atom is -0.468 e. The van der Waals surface area contributed by atoms with Gasteiger partial charge >= 0.3 is 0 Å². The predicted octanol–water partition coefficient (Wildman–Crippen LogP) is 7.17. The van der Waals surface area contributed by atoms with Crippen LogP contribution in [0.5, 0.6) is 0 Å². The van der Waals surface area contributed by atoms with E-state index < -0.39 is 6.36 Å². The van der Waals surface area contributed by atoms with Gasteiger partial charge in [0, 0.05) is 6.42 Å². The summed E-state index contributed by atoms with van der Waals surface area (Å²) in [4.78, 5) is 0. The Kier molecular flexibility index (Phi) is 15.5. The van der Waals surface area contributed by atoms with Crippen molar-refractivity contribution in [3.05, 3.63) is 12.3 Å². The van der Waals surface area contributed by atoms with Crippen molar-refractivity contribution in [1.29, 1.82) is 0 Å². The molecule has 0 aliphatic rings. The van der Waals surface area contributed by atoms with Gasteiger partial charge in [-0.15, -0.1) is 0 Å². The van der Waals surface area contributed by atoms with E-state index in [-0.39, 0.29) is 0 Å². The van der Waals surface area contributed by atoms with E-state index in [1.165, 1.54) is 51.4 Å². The van der Waals surface area contributed by atoms with Gasteiger partial charge in [0.25, 0.3) is 0 Å². The summed E-state index contributed by atoms with van der Waals surface area (Å²) in [6.07, 6.45) is 16.3. The van der Waals surface area contributed by atoms with Gasteiger partial charge in [-0.05, 0) is 31.3 Å². The van der Waals surface area contributed by atoms with E-state index >= 15 is 0 Å². The van der Waals surface area contributed by atoms with Crippen molar-refractivity contribution in [2.45, 2.75) is 104 Å². The van der Waals surface area contributed by atoms with Gasteiger partial charge in [0.15, 0.2) is 0 Å². The van der Waals surface area contributed by atoms with Crippen LogP contribution < -0.4 is 0 Å². The maximum Gasteiger partial charge on any atom is 0.237 e. The lowest BCUT2D eigenvalue weighted by molar-refractivity contribution is 0.0154. The Balaban J connectivity index is 3.26. The van der Waals surface area contributed by atoms with E-state index in [0.717, 1.165) is 19.3 Å². The summed E-state index contributed by atoms with van der Waals surface area (Å²) in [5, 5.41) is 0. The fourth-order valence-corrected chi connectivity index (χ4v) is 2.35. The Labute approximate surface area is 132 Å². The molecule has 2 heteroatoms. The number of allylic oxidation sites excluding steroid dienone is 1. The average molecular weight is 301 g/mol. The topological polar surface area (TPSA) is 9.23 Å². The summed E-state index contributed by atoms with van der Waals surface area (Å²) < 4.78 is 18.5. The van der Waals surface area contributed by atoms with Gasteiger partial charge in [0.05, 0.1) is 6.26 Å². The number of hydrogen-bond donors (Lipinski definition) is 0. The lowest BCUT2D eigenvalue weighted by Crippen LogP contribution is -2.01. The lowest BCUT2D eigenvalue weighted by Gasteiger charge is -2.08. The van der Waals surface area contributed by atoms with Crippen molar-refractivity contribution in [3.8, 4) is 0 Å². The molecule has 0 rings (SSSR count). The van der Waals surface area contributed by atoms with E-state index in [1.54, 1.807) is 6.26 Å². The van der Waals surface area contributed by atoms with Gasteiger partial charge in [-0.1, -0.05) is 72.1 Å². The van der Waals surface area contributed by atoms with Gasteiger partial charge in [-0.2, -0.15) is 0 Å². The normalized spacial score (nSPS) is 13.2. The van der Waals surface area contributed by atoms with Crippen molar-refractivity contribution in [2.24, 2.45) is 5.92 Å². The summed E-state index contributed by atoms with van der Waals surface area (Å²) in [7, 11) is 0. The average Bonchev–Trinajstić information content (AvgIpc) is 2.45. The molecule has 1 atom stereocenters. The van der Waals surface area contributed by atoms with E-state index in [4.69, 9.17) is 4.74 Å². The first-order valence-corrected chi connectivity index (χ1v) is 9.11. The van der Waals surface area contributed by atoms with Crippen molar-refractivity contribution < 1.29 is 9.13 Å². The van der Waals surface area contributed by atoms with Crippen LogP contribution in [0.25, 0.3) is 0 Å². The molecule has 0 heterocycles. The first kappa shape index (κ1) is 20.5. The number of hydrogen-bond acceptors (Lipinski definition) is 1. The van der Waals surface area contributed by atoms with Crippen LogP contribution in [-0.4, -0.2) is 6.36 Å². The highest BCUT2D eigenvalue weighted by atomic mass is 19.1. The Morgan fingerprint density at radius 2 is 1.48 bits per heavy atom. The molecule has 0 unspecified atom stereocenters. The Morgan fingerprint density at radius 1 is 0.857 bits per heavy atom. The minimum absolute atomic E-state index is 0.522. The maximum atomic E-state index is 13.4. The quantitative estimate of drug-likeness (QED) is 0.230. The largest absolute Gasteiger partial charge is 0.468 e. The van der Waals surface area contributed by atoms with Gasteiger partial charge in [0.2, 0.25) is 6.36 Å². The summed E-state index contributed by atoms with van der Waals surface area (Å²) in [6.45, 7) is 6.65. The highest BCUT2D eigenvalue weighted by Gasteiger charge is 2.04. The third-order valence-electron chi connectivity index (χ3n) is 3.76. The van der Waals surface area contributed by atoms with Crippen LogP contribution in [0.1, 0.15) is 97.8 Å². The fraction of sp³-hybridized carbons (Fsp3) is 0.895. The number of halogens is 1. The number of alkyl halides is 1. The third-order valence-corrected chi connectivity index (χ3v) is 3.76. The third kappa shape index (κ3) is 17.4. The highest BCUT2D eigenvalue weighted by Crippen LogP contribution is 2.13. The van der Waals surface area contributed by atoms with Gasteiger partial charge in [-0.25, -0.2) is 4.39 Å². The molecule has 0 saturated carbocycles. The summed E-state index contributed by atoms with van der Waals surface area (Å²) >= 11 is 0. The number of ether oxygens (including phenoxy) is 1. The molecule has 0 aromatic heterocycles. The maximum absolute atomic E-state index is 13.4. The van der Waals surface area contributed by atoms with E-state index in [2.05, 4.69) is 20.8 Å². The molecule has 126 valence electrons. The highest BCUT2D eigenvalue weighted by molar-refractivity contribution is 4.73. The summed E-state index contributed by atoms with van der Waals surface area (Å²) in [5.74, 6) is 0.714. The molecule has 1 nitrogen and oxygen atoms in total. The zero-order valence-corrected chi connectivity index (χ0v) is 14.6. The molecule has 0 radical (unpaired) electrons. The van der Waals surface area contributed by atoms with Crippen molar-refractivity contribution in [1.82, 2.24) is 0 Å². The number of unbranched alkanes of at least 4 members (excludes halogenated alkanes) is 8. The zero-order chi connectivity index (χ0) is 15.8. The second kappa shape index (κ2) is 15.9. The van der Waals surface area contributed by atoms with Crippen LogP contribution in [0.15, 0.2) is 12.3 Å². The van der Waals surface area contributed by atoms with E-state index in [9.17, 15) is 4.39 Å². The Bertz CT molecular complexity index is 226. The molecule has 0 bridgehead atoms. The zero-order valence-electron chi connectivity index (χ0n) is 14.6. The molecule has 0 N–H and O–H groups in total. The lowest BCUT2D eigenvalue weighted by atomic mass is 10.1. The van der Waals surface area contributed by atoms with Crippen molar-refractivity contribution in [2.75, 3.05) is 0 Å². The van der Waals surface area contributed by atoms with Crippen LogP contribution in [0.4, 0.5) is 4.39 Å². The van der Waals surface area contributed by atoms with Crippen LogP contribution in [0.3, 0.4) is 0 Å². The molecule has 0 aliphatic heterocycles. The van der Waals surface area contributed by atoms with Crippen LogP contribution in [0, 0.1) is 5.92 Å². The van der Waals surface area contributed by atoms with Crippen molar-refractivity contribution >= 4 is 0 Å². The second-order valence-electron chi connectivity index (χ2n) is 6.51. The van der Waals surface area contributed by atoms with E-state index in [1.807, 2.05) is 6.08 Å². The summed E-state index contributed by atoms with van der Waals surface area (Å²) in [6, 6.07) is 0. The van der Waals surface area contributed by atoms with E-state index in [0.29, 0.717) is 12.3 Å². The van der Waals surface area contributed by atoms with Gasteiger partial charge in [0.1, 0.15) is 0 Å².